The Labute approximate surface area is 573 Å². The Hall–Kier alpha value is -1.32. The molecule has 4 unspecified atom stereocenters. The molecule has 89 heavy (non-hydrogen) atoms. The monoisotopic (exact) mass is 1370 g/mol. The van der Waals surface area contributed by atoms with Crippen molar-refractivity contribution in [3.63, 3.8) is 0 Å². The summed E-state index contributed by atoms with van der Waals surface area (Å²) in [6.45, 7) is 35.1. The number of hydrogen-bond acceptors (Lipinski definition) is 8. The van der Waals surface area contributed by atoms with Crippen LogP contribution in [0.25, 0.3) is 0 Å². The van der Waals surface area contributed by atoms with Gasteiger partial charge in [0.1, 0.15) is 0 Å². The van der Waals surface area contributed by atoms with Crippen LogP contribution >= 0.6 is 0 Å². The molecule has 4 atom stereocenters. The Bertz CT molecular complexity index is 1240. The Kier molecular flexibility index (Phi) is 70.8. The molecule has 0 N–H and O–H groups in total. The molecule has 0 heterocycles. The van der Waals surface area contributed by atoms with Crippen LogP contribution in [0.2, 0.25) is 0 Å². The van der Waals surface area contributed by atoms with Gasteiger partial charge in [-0.05, 0) is 199 Å². The first-order valence-corrected chi connectivity index (χ1v) is 39.0. The predicted molar refractivity (Wildman–Crippen MR) is 380 cm³/mol. The van der Waals surface area contributed by atoms with Gasteiger partial charge in [0.05, 0.1) is 0 Å². The second kappa shape index (κ2) is 65.3. The molecule has 528 valence electrons. The summed E-state index contributed by atoms with van der Waals surface area (Å²) in [5.74, 6) is -4.43. The van der Waals surface area contributed by atoms with E-state index in [-0.39, 0.29) is 47.6 Å². The maximum Gasteiger partial charge on any atom is 4.00 e. The molecule has 9 heteroatoms. The first-order valence-electron chi connectivity index (χ1n) is 39.0. The summed E-state index contributed by atoms with van der Waals surface area (Å²) < 4.78 is 0. The molecule has 0 saturated heterocycles. The SMILES string of the molecule is CCCCC(CCCC)(CCCC)CCCC(CC)C(=O)[O-].CCCCC(CCCC)(CCCC)CCCC(CC)C(=O)[O-].CCCCC(CCCC)(CCCC)CCCC(CC)C(=O)[O-].CCCCC(CCCC)(CCCC)CCCC(CC)C(=O)[O-].[Sn+4]. The maximum absolute atomic E-state index is 11.1. The second-order valence-corrected chi connectivity index (χ2v) is 28.5. The number of carbonyl (C=O) groups excluding carboxylic acids is 4. The molecular weight excluding hydrogens is 1210 g/mol. The molecular formula is C80H156O8Sn. The zero-order chi connectivity index (χ0) is 67.4. The quantitative estimate of drug-likeness (QED) is 0.0544. The molecule has 0 bridgehead atoms. The first-order chi connectivity index (χ1) is 42.2. The number of hydrogen-bond donors (Lipinski definition) is 0. The zero-order valence-electron chi connectivity index (χ0n) is 62.8. The molecule has 0 rings (SSSR count). The predicted octanol–water partition coefficient (Wildman–Crippen LogP) is 21.6. The van der Waals surface area contributed by atoms with Crippen LogP contribution in [-0.2, 0) is 19.2 Å². The number of carbonyl (C=O) groups is 4. The van der Waals surface area contributed by atoms with Crippen LogP contribution in [-0.4, -0.2) is 47.8 Å². The van der Waals surface area contributed by atoms with Crippen molar-refractivity contribution in [2.75, 3.05) is 0 Å². The average Bonchev–Trinajstić information content (AvgIpc) is 3.52. The van der Waals surface area contributed by atoms with Crippen molar-refractivity contribution in [3.05, 3.63) is 0 Å². The van der Waals surface area contributed by atoms with Crippen molar-refractivity contribution >= 4 is 47.8 Å². The molecule has 0 spiro atoms. The largest absolute Gasteiger partial charge is 4.00 e. The molecule has 0 aliphatic heterocycles. The molecule has 0 aromatic rings. The van der Waals surface area contributed by atoms with E-state index >= 15 is 0 Å². The normalized spacial score (nSPS) is 13.1. The van der Waals surface area contributed by atoms with Gasteiger partial charge in [0.2, 0.25) is 0 Å². The van der Waals surface area contributed by atoms with Crippen LogP contribution in [0.1, 0.15) is 445 Å². The van der Waals surface area contributed by atoms with Gasteiger partial charge >= 0.3 is 23.9 Å². The van der Waals surface area contributed by atoms with E-state index in [4.69, 9.17) is 0 Å². The molecule has 0 aromatic heterocycles. The van der Waals surface area contributed by atoms with Gasteiger partial charge in [-0.3, -0.25) is 0 Å². The Morgan fingerprint density at radius 3 is 0.393 bits per heavy atom. The zero-order valence-corrected chi connectivity index (χ0v) is 65.7. The molecule has 8 nitrogen and oxygen atoms in total. The number of unbranched alkanes of at least 4 members (excludes halogenated alkanes) is 12. The van der Waals surface area contributed by atoms with Crippen molar-refractivity contribution in [1.82, 2.24) is 0 Å². The number of aliphatic carboxylic acids is 4. The molecule has 0 radical (unpaired) electrons. The summed E-state index contributed by atoms with van der Waals surface area (Å²) >= 11 is 0. The third-order valence-corrected chi connectivity index (χ3v) is 21.1. The summed E-state index contributed by atoms with van der Waals surface area (Å²) in [5.41, 5.74) is 1.86. The third kappa shape index (κ3) is 50.7. The minimum Gasteiger partial charge on any atom is -0.550 e. The molecule has 0 aliphatic carbocycles. The fourth-order valence-corrected chi connectivity index (χ4v) is 14.5. The fraction of sp³-hybridized carbons (Fsp3) is 0.950. The average molecular weight is 1360 g/mol. The standard InChI is InChI=1S/4C20H40O2.Sn/c4*1-5-9-14-20(15-10-6-2,16-11-7-3)17-12-13-18(8-4)19(21)22;/h4*18H,5-17H2,1-4H3,(H,21,22);/q;;;;+4/p-4. The third-order valence-electron chi connectivity index (χ3n) is 21.1. The second-order valence-electron chi connectivity index (χ2n) is 28.5. The van der Waals surface area contributed by atoms with E-state index in [9.17, 15) is 39.6 Å². The Morgan fingerprint density at radius 2 is 0.315 bits per heavy atom. The Balaban J connectivity index is -0.000000351. The summed E-state index contributed by atoms with van der Waals surface area (Å²) in [6.07, 6.45) is 61.8. The van der Waals surface area contributed by atoms with Crippen molar-refractivity contribution in [1.29, 1.82) is 0 Å². The minimum atomic E-state index is -0.858. The van der Waals surface area contributed by atoms with Crippen LogP contribution in [0.3, 0.4) is 0 Å². The summed E-state index contributed by atoms with van der Waals surface area (Å²) in [5, 5.41) is 44.4. The Morgan fingerprint density at radius 1 is 0.213 bits per heavy atom. The van der Waals surface area contributed by atoms with Gasteiger partial charge in [-0.1, -0.05) is 291 Å². The van der Waals surface area contributed by atoms with Crippen molar-refractivity contribution in [2.45, 2.75) is 445 Å². The van der Waals surface area contributed by atoms with E-state index in [0.29, 0.717) is 47.3 Å². The molecule has 0 saturated carbocycles. The van der Waals surface area contributed by atoms with Crippen molar-refractivity contribution < 1.29 is 39.6 Å². The molecule has 0 fully saturated rings. The topological polar surface area (TPSA) is 161 Å². The number of rotatable bonds is 60. The smallest absolute Gasteiger partial charge is 0.550 e. The first kappa shape index (κ1) is 96.4. The van der Waals surface area contributed by atoms with Crippen LogP contribution in [0.15, 0.2) is 0 Å². The van der Waals surface area contributed by atoms with E-state index in [0.717, 1.165) is 51.4 Å². The van der Waals surface area contributed by atoms with Gasteiger partial charge in [0.25, 0.3) is 0 Å². The van der Waals surface area contributed by atoms with Gasteiger partial charge in [0, 0.05) is 23.9 Å². The van der Waals surface area contributed by atoms with Crippen molar-refractivity contribution in [3.8, 4) is 0 Å². The van der Waals surface area contributed by atoms with Gasteiger partial charge in [0.15, 0.2) is 0 Å². The van der Waals surface area contributed by atoms with Crippen molar-refractivity contribution in [2.24, 2.45) is 45.3 Å². The molecule has 0 aromatic carbocycles. The van der Waals surface area contributed by atoms with Crippen LogP contribution in [0.4, 0.5) is 0 Å². The maximum atomic E-state index is 11.1. The molecule has 0 aliphatic rings. The summed E-state index contributed by atoms with van der Waals surface area (Å²) in [6, 6.07) is 0. The van der Waals surface area contributed by atoms with Crippen LogP contribution in [0.5, 0.6) is 0 Å². The fourth-order valence-electron chi connectivity index (χ4n) is 14.5. The van der Waals surface area contributed by atoms with Gasteiger partial charge in [-0.2, -0.15) is 0 Å². The van der Waals surface area contributed by atoms with E-state index < -0.39 is 23.9 Å². The summed E-state index contributed by atoms with van der Waals surface area (Å²) in [7, 11) is 0. The summed E-state index contributed by atoms with van der Waals surface area (Å²) in [4.78, 5) is 44.4. The van der Waals surface area contributed by atoms with Gasteiger partial charge in [-0.15, -0.1) is 0 Å². The van der Waals surface area contributed by atoms with E-state index in [1.807, 2.05) is 27.7 Å². The van der Waals surface area contributed by atoms with Gasteiger partial charge in [-0.25, -0.2) is 0 Å². The van der Waals surface area contributed by atoms with E-state index in [1.54, 1.807) is 0 Å². The number of carboxylic acid groups (broad SMARTS) is 4. The number of carboxylic acids is 4. The van der Waals surface area contributed by atoms with Crippen LogP contribution in [0, 0.1) is 45.3 Å². The van der Waals surface area contributed by atoms with E-state index in [1.165, 1.54) is 257 Å². The van der Waals surface area contributed by atoms with Crippen LogP contribution < -0.4 is 20.4 Å². The minimum absolute atomic E-state index is 0. The van der Waals surface area contributed by atoms with Gasteiger partial charge < -0.3 is 39.6 Å². The van der Waals surface area contributed by atoms with E-state index in [2.05, 4.69) is 83.1 Å². The molecule has 0 amide bonds.